The summed E-state index contributed by atoms with van der Waals surface area (Å²) >= 11 is 5.96. The zero-order valence-electron chi connectivity index (χ0n) is 13.8. The van der Waals surface area contributed by atoms with Crippen molar-refractivity contribution in [1.82, 2.24) is 15.1 Å². The summed E-state index contributed by atoms with van der Waals surface area (Å²) in [4.78, 5) is 12.3. The van der Waals surface area contributed by atoms with E-state index in [1.165, 1.54) is 7.11 Å². The van der Waals surface area contributed by atoms with E-state index in [1.807, 2.05) is 36.5 Å². The van der Waals surface area contributed by atoms with Crippen LogP contribution in [0.4, 0.5) is 0 Å². The van der Waals surface area contributed by atoms with Crippen LogP contribution in [0.3, 0.4) is 0 Å². The number of halogens is 1. The van der Waals surface area contributed by atoms with Crippen LogP contribution in [0.5, 0.6) is 5.75 Å². The average molecular weight is 356 g/mol. The fourth-order valence-electron chi connectivity index (χ4n) is 2.51. The molecule has 3 rings (SSSR count). The van der Waals surface area contributed by atoms with E-state index >= 15 is 0 Å². The van der Waals surface area contributed by atoms with Gasteiger partial charge in [-0.1, -0.05) is 23.7 Å². The molecular formula is C19H18ClN3O2. The van der Waals surface area contributed by atoms with E-state index in [0.29, 0.717) is 22.9 Å². The molecule has 5 nitrogen and oxygen atoms in total. The summed E-state index contributed by atoms with van der Waals surface area (Å²) in [6.45, 7) is 0.523. The van der Waals surface area contributed by atoms with Crippen LogP contribution in [0.2, 0.25) is 5.02 Å². The fraction of sp³-hybridized carbons (Fsp3) is 0.158. The number of nitrogens with one attached hydrogen (secondary N) is 1. The molecule has 1 amide bonds. The number of rotatable bonds is 6. The minimum absolute atomic E-state index is 0.201. The Morgan fingerprint density at radius 2 is 2.04 bits per heavy atom. The Bertz CT molecular complexity index is 846. The number of ether oxygens (including phenoxy) is 1. The predicted octanol–water partition coefficient (Wildman–Crippen LogP) is 3.51. The van der Waals surface area contributed by atoms with E-state index in [0.717, 1.165) is 17.7 Å². The molecule has 0 aliphatic rings. The molecule has 6 heteroatoms. The molecule has 0 radical (unpaired) electrons. The Kier molecular flexibility index (Phi) is 5.36. The molecule has 0 saturated carbocycles. The highest BCUT2D eigenvalue weighted by atomic mass is 35.5. The number of carbonyl (C=O) groups excluding carboxylic acids is 1. The maximum atomic E-state index is 12.3. The van der Waals surface area contributed by atoms with Gasteiger partial charge in [-0.2, -0.15) is 5.10 Å². The van der Waals surface area contributed by atoms with E-state index < -0.39 is 0 Å². The van der Waals surface area contributed by atoms with Crippen LogP contribution in [-0.2, 0) is 6.42 Å². The van der Waals surface area contributed by atoms with Gasteiger partial charge in [0.2, 0.25) is 0 Å². The topological polar surface area (TPSA) is 56.1 Å². The van der Waals surface area contributed by atoms with Gasteiger partial charge in [0.15, 0.2) is 0 Å². The van der Waals surface area contributed by atoms with E-state index in [-0.39, 0.29) is 5.91 Å². The first-order chi connectivity index (χ1) is 12.2. The predicted molar refractivity (Wildman–Crippen MR) is 97.6 cm³/mol. The average Bonchev–Trinajstić information content (AvgIpc) is 3.17. The molecule has 0 atom stereocenters. The number of benzene rings is 2. The largest absolute Gasteiger partial charge is 0.496 e. The summed E-state index contributed by atoms with van der Waals surface area (Å²) in [6.07, 6.45) is 4.37. The van der Waals surface area contributed by atoms with Crippen molar-refractivity contribution in [2.75, 3.05) is 13.7 Å². The van der Waals surface area contributed by atoms with Crippen LogP contribution in [0.1, 0.15) is 15.9 Å². The van der Waals surface area contributed by atoms with Gasteiger partial charge in [-0.3, -0.25) is 4.79 Å². The minimum Gasteiger partial charge on any atom is -0.496 e. The molecular weight excluding hydrogens is 338 g/mol. The maximum absolute atomic E-state index is 12.3. The third-order valence-corrected chi connectivity index (χ3v) is 4.05. The second kappa shape index (κ2) is 7.85. The third-order valence-electron chi connectivity index (χ3n) is 3.81. The van der Waals surface area contributed by atoms with Gasteiger partial charge >= 0.3 is 0 Å². The lowest BCUT2D eigenvalue weighted by atomic mass is 10.1. The van der Waals surface area contributed by atoms with Crippen LogP contribution in [-0.4, -0.2) is 29.3 Å². The maximum Gasteiger partial charge on any atom is 0.255 e. The summed E-state index contributed by atoms with van der Waals surface area (Å²) in [6, 6.07) is 14.9. The molecule has 0 saturated heterocycles. The molecule has 0 unspecified atom stereocenters. The smallest absolute Gasteiger partial charge is 0.255 e. The van der Waals surface area contributed by atoms with Crippen molar-refractivity contribution in [2.24, 2.45) is 0 Å². The van der Waals surface area contributed by atoms with Gasteiger partial charge in [-0.25, -0.2) is 4.68 Å². The molecule has 0 spiro atoms. The molecule has 2 aromatic carbocycles. The summed E-state index contributed by atoms with van der Waals surface area (Å²) < 4.78 is 7.01. The number of aromatic nitrogens is 2. The summed E-state index contributed by atoms with van der Waals surface area (Å²) in [7, 11) is 1.53. The normalized spacial score (nSPS) is 10.5. The molecule has 128 valence electrons. The Balaban J connectivity index is 1.58. The van der Waals surface area contributed by atoms with Gasteiger partial charge in [0.25, 0.3) is 5.91 Å². The number of hydrogen-bond acceptors (Lipinski definition) is 3. The Hall–Kier alpha value is -2.79. The van der Waals surface area contributed by atoms with Crippen molar-refractivity contribution >= 4 is 17.5 Å². The highest BCUT2D eigenvalue weighted by molar-refractivity contribution is 6.31. The molecule has 1 heterocycles. The lowest BCUT2D eigenvalue weighted by Crippen LogP contribution is -2.26. The molecule has 1 N–H and O–H groups in total. The first kappa shape index (κ1) is 17.0. The highest BCUT2D eigenvalue weighted by Gasteiger charge is 2.12. The van der Waals surface area contributed by atoms with Crippen LogP contribution < -0.4 is 10.1 Å². The van der Waals surface area contributed by atoms with Crippen LogP contribution in [0.15, 0.2) is 60.9 Å². The first-order valence-corrected chi connectivity index (χ1v) is 8.26. The van der Waals surface area contributed by atoms with Gasteiger partial charge < -0.3 is 10.1 Å². The third kappa shape index (κ3) is 4.19. The van der Waals surface area contributed by atoms with Crippen LogP contribution >= 0.6 is 11.6 Å². The molecule has 25 heavy (non-hydrogen) atoms. The van der Waals surface area contributed by atoms with Gasteiger partial charge in [0.05, 0.1) is 18.4 Å². The minimum atomic E-state index is -0.201. The molecule has 0 aliphatic carbocycles. The Labute approximate surface area is 151 Å². The number of carbonyl (C=O) groups is 1. The number of hydrogen-bond donors (Lipinski definition) is 1. The van der Waals surface area contributed by atoms with Gasteiger partial charge in [0, 0.05) is 24.0 Å². The SMILES string of the molecule is COc1ccc(Cl)cc1C(=O)NCCc1ccc(-n2cccn2)cc1. The number of amides is 1. The molecule has 0 fully saturated rings. The number of nitrogens with zero attached hydrogens (tertiary/aromatic N) is 2. The second-order valence-corrected chi connectivity index (χ2v) is 5.90. The molecule has 0 aliphatic heterocycles. The molecule has 0 bridgehead atoms. The summed E-state index contributed by atoms with van der Waals surface area (Å²) in [5, 5.41) is 7.59. The lowest BCUT2D eigenvalue weighted by Gasteiger charge is -2.10. The van der Waals surface area contributed by atoms with E-state index in [4.69, 9.17) is 16.3 Å². The van der Waals surface area contributed by atoms with E-state index in [9.17, 15) is 4.79 Å². The van der Waals surface area contributed by atoms with Gasteiger partial charge in [-0.15, -0.1) is 0 Å². The zero-order chi connectivity index (χ0) is 17.6. The van der Waals surface area contributed by atoms with Crippen molar-refractivity contribution in [3.05, 3.63) is 77.1 Å². The van der Waals surface area contributed by atoms with Crippen molar-refractivity contribution < 1.29 is 9.53 Å². The molecule has 1 aromatic heterocycles. The lowest BCUT2D eigenvalue weighted by molar-refractivity contribution is 0.0951. The molecule has 3 aromatic rings. The van der Waals surface area contributed by atoms with E-state index in [2.05, 4.69) is 10.4 Å². The standard InChI is InChI=1S/C19H18ClN3O2/c1-25-18-8-5-15(20)13-17(18)19(24)21-11-9-14-3-6-16(7-4-14)23-12-2-10-22-23/h2-8,10,12-13H,9,11H2,1H3,(H,21,24). The fourth-order valence-corrected chi connectivity index (χ4v) is 2.68. The van der Waals surface area contributed by atoms with Crippen LogP contribution in [0, 0.1) is 0 Å². The summed E-state index contributed by atoms with van der Waals surface area (Å²) in [5.74, 6) is 0.304. The van der Waals surface area contributed by atoms with Crippen molar-refractivity contribution in [2.45, 2.75) is 6.42 Å². The summed E-state index contributed by atoms with van der Waals surface area (Å²) in [5.41, 5.74) is 2.57. The van der Waals surface area contributed by atoms with Crippen molar-refractivity contribution in [1.29, 1.82) is 0 Å². The van der Waals surface area contributed by atoms with Crippen LogP contribution in [0.25, 0.3) is 5.69 Å². The Morgan fingerprint density at radius 1 is 1.24 bits per heavy atom. The first-order valence-electron chi connectivity index (χ1n) is 7.88. The van der Waals surface area contributed by atoms with E-state index in [1.54, 1.807) is 29.1 Å². The van der Waals surface area contributed by atoms with Crippen molar-refractivity contribution in [3.63, 3.8) is 0 Å². The second-order valence-electron chi connectivity index (χ2n) is 5.47. The van der Waals surface area contributed by atoms with Crippen molar-refractivity contribution in [3.8, 4) is 11.4 Å². The monoisotopic (exact) mass is 355 g/mol. The number of methoxy groups -OCH3 is 1. The zero-order valence-corrected chi connectivity index (χ0v) is 14.5. The van der Waals surface area contributed by atoms with Gasteiger partial charge in [0.1, 0.15) is 5.75 Å². The van der Waals surface area contributed by atoms with Gasteiger partial charge in [-0.05, 0) is 48.4 Å². The quantitative estimate of drug-likeness (QED) is 0.736. The highest BCUT2D eigenvalue weighted by Crippen LogP contribution is 2.22. The Morgan fingerprint density at radius 3 is 2.72 bits per heavy atom.